The summed E-state index contributed by atoms with van der Waals surface area (Å²) in [5.74, 6) is 1.78. The van der Waals surface area contributed by atoms with Crippen molar-refractivity contribution in [2.45, 2.75) is 77.7 Å². The van der Waals surface area contributed by atoms with Crippen molar-refractivity contribution in [1.82, 2.24) is 5.32 Å². The lowest BCUT2D eigenvalue weighted by atomic mass is 9.79. The summed E-state index contributed by atoms with van der Waals surface area (Å²) in [6.45, 7) is 6.35. The average molecular weight is 288 g/mol. The monoisotopic (exact) mass is 287 g/mol. The van der Waals surface area contributed by atoms with Gasteiger partial charge in [-0.2, -0.15) is 0 Å². The smallest absolute Gasteiger partial charge is 0.223 e. The molecule has 3 heteroatoms. The Bertz CT molecular complexity index is 268. The van der Waals surface area contributed by atoms with E-state index in [-0.39, 0.29) is 17.4 Å². The molecule has 1 saturated carbocycles. The number of alkyl halides is 1. The van der Waals surface area contributed by atoms with Crippen molar-refractivity contribution in [2.75, 3.05) is 5.88 Å². The van der Waals surface area contributed by atoms with Crippen LogP contribution in [0.25, 0.3) is 0 Å². The number of hydrogen-bond acceptors (Lipinski definition) is 1. The van der Waals surface area contributed by atoms with Gasteiger partial charge in [0.15, 0.2) is 0 Å². The quantitative estimate of drug-likeness (QED) is 0.686. The van der Waals surface area contributed by atoms with E-state index in [1.807, 2.05) is 6.92 Å². The molecule has 1 N–H and O–H groups in total. The molecule has 0 heterocycles. The van der Waals surface area contributed by atoms with E-state index < -0.39 is 0 Å². The van der Waals surface area contributed by atoms with Crippen molar-refractivity contribution < 1.29 is 4.79 Å². The summed E-state index contributed by atoms with van der Waals surface area (Å²) in [6, 6.07) is 0. The minimum Gasteiger partial charge on any atom is -0.350 e. The highest BCUT2D eigenvalue weighted by Gasteiger charge is 2.30. The SMILES string of the molecule is CCCCC1CCC(C(=O)NC(C)(CC)CCl)CC1. The van der Waals surface area contributed by atoms with Gasteiger partial charge in [-0.05, 0) is 44.9 Å². The first kappa shape index (κ1) is 16.8. The lowest BCUT2D eigenvalue weighted by molar-refractivity contribution is -0.127. The standard InChI is InChI=1S/C16H30ClNO/c1-4-6-7-13-8-10-14(11-9-13)15(19)18-16(3,5-2)12-17/h13-14H,4-12H2,1-3H3,(H,18,19). The summed E-state index contributed by atoms with van der Waals surface area (Å²) < 4.78 is 0. The van der Waals surface area contributed by atoms with Gasteiger partial charge in [-0.15, -0.1) is 11.6 Å². The number of hydrogen-bond donors (Lipinski definition) is 1. The molecule has 0 bridgehead atoms. The average Bonchev–Trinajstić information content (AvgIpc) is 2.45. The summed E-state index contributed by atoms with van der Waals surface area (Å²) in [5, 5.41) is 3.15. The molecular weight excluding hydrogens is 258 g/mol. The summed E-state index contributed by atoms with van der Waals surface area (Å²) in [4.78, 5) is 12.3. The summed E-state index contributed by atoms with van der Waals surface area (Å²) in [6.07, 6.45) is 9.41. The van der Waals surface area contributed by atoms with Gasteiger partial charge in [0, 0.05) is 11.8 Å². The normalized spacial score (nSPS) is 26.7. The van der Waals surface area contributed by atoms with Crippen LogP contribution in [0, 0.1) is 11.8 Å². The Morgan fingerprint density at radius 3 is 2.37 bits per heavy atom. The Labute approximate surface area is 123 Å². The molecule has 0 spiro atoms. The van der Waals surface area contributed by atoms with Crippen LogP contribution in [0.4, 0.5) is 0 Å². The minimum absolute atomic E-state index is 0.215. The maximum Gasteiger partial charge on any atom is 0.223 e. The molecule has 0 aromatic heterocycles. The van der Waals surface area contributed by atoms with Crippen molar-refractivity contribution in [1.29, 1.82) is 0 Å². The molecule has 1 atom stereocenters. The first-order chi connectivity index (χ1) is 9.04. The topological polar surface area (TPSA) is 29.1 Å². The molecule has 1 aliphatic rings. The summed E-state index contributed by atoms with van der Waals surface area (Å²) in [7, 11) is 0. The fourth-order valence-electron chi connectivity index (χ4n) is 2.82. The predicted octanol–water partition coefficient (Wildman–Crippen LogP) is 4.51. The molecule has 112 valence electrons. The van der Waals surface area contributed by atoms with Crippen molar-refractivity contribution in [3.8, 4) is 0 Å². The Balaban J connectivity index is 2.36. The third-order valence-electron chi connectivity index (χ3n) is 4.68. The highest BCUT2D eigenvalue weighted by atomic mass is 35.5. The Hall–Kier alpha value is -0.240. The van der Waals surface area contributed by atoms with E-state index in [0.29, 0.717) is 5.88 Å². The molecular formula is C16H30ClNO. The maximum atomic E-state index is 12.3. The van der Waals surface area contributed by atoms with Crippen LogP contribution in [0.15, 0.2) is 0 Å². The molecule has 1 rings (SSSR count). The molecule has 1 fully saturated rings. The van der Waals surface area contributed by atoms with E-state index in [2.05, 4.69) is 19.2 Å². The van der Waals surface area contributed by atoms with Crippen molar-refractivity contribution >= 4 is 17.5 Å². The van der Waals surface area contributed by atoms with Gasteiger partial charge in [-0.1, -0.05) is 33.1 Å². The lowest BCUT2D eigenvalue weighted by Gasteiger charge is -2.32. The van der Waals surface area contributed by atoms with E-state index in [4.69, 9.17) is 11.6 Å². The zero-order valence-electron chi connectivity index (χ0n) is 12.8. The van der Waals surface area contributed by atoms with E-state index in [0.717, 1.165) is 25.2 Å². The molecule has 0 radical (unpaired) electrons. The van der Waals surface area contributed by atoms with Gasteiger partial charge in [0.1, 0.15) is 0 Å². The van der Waals surface area contributed by atoms with Gasteiger partial charge >= 0.3 is 0 Å². The Morgan fingerprint density at radius 2 is 1.89 bits per heavy atom. The van der Waals surface area contributed by atoms with Crippen LogP contribution in [-0.4, -0.2) is 17.3 Å². The van der Waals surface area contributed by atoms with Gasteiger partial charge in [-0.3, -0.25) is 4.79 Å². The van der Waals surface area contributed by atoms with Gasteiger partial charge in [0.2, 0.25) is 5.91 Å². The number of amides is 1. The van der Waals surface area contributed by atoms with Gasteiger partial charge < -0.3 is 5.32 Å². The van der Waals surface area contributed by atoms with Crippen LogP contribution >= 0.6 is 11.6 Å². The molecule has 0 aromatic carbocycles. The van der Waals surface area contributed by atoms with Crippen molar-refractivity contribution in [3.05, 3.63) is 0 Å². The maximum absolute atomic E-state index is 12.3. The molecule has 2 nitrogen and oxygen atoms in total. The molecule has 19 heavy (non-hydrogen) atoms. The number of carbonyl (C=O) groups is 1. The zero-order chi connectivity index (χ0) is 14.3. The van der Waals surface area contributed by atoms with Crippen LogP contribution in [-0.2, 0) is 4.79 Å². The summed E-state index contributed by atoms with van der Waals surface area (Å²) in [5.41, 5.74) is -0.238. The number of rotatable bonds is 7. The Morgan fingerprint density at radius 1 is 1.26 bits per heavy atom. The van der Waals surface area contributed by atoms with Crippen LogP contribution < -0.4 is 5.32 Å². The zero-order valence-corrected chi connectivity index (χ0v) is 13.6. The fourth-order valence-corrected chi connectivity index (χ4v) is 3.08. The molecule has 1 aliphatic carbocycles. The van der Waals surface area contributed by atoms with Crippen LogP contribution in [0.2, 0.25) is 0 Å². The van der Waals surface area contributed by atoms with Crippen molar-refractivity contribution in [2.24, 2.45) is 11.8 Å². The first-order valence-electron chi connectivity index (χ1n) is 7.92. The third-order valence-corrected chi connectivity index (χ3v) is 5.27. The minimum atomic E-state index is -0.238. The molecule has 0 aliphatic heterocycles. The number of unbranched alkanes of at least 4 members (excludes halogenated alkanes) is 1. The fraction of sp³-hybridized carbons (Fsp3) is 0.938. The second-order valence-electron chi connectivity index (χ2n) is 6.40. The number of nitrogens with one attached hydrogen (secondary N) is 1. The number of halogens is 1. The second kappa shape index (κ2) is 8.14. The van der Waals surface area contributed by atoms with Crippen LogP contribution in [0.1, 0.15) is 72.1 Å². The van der Waals surface area contributed by atoms with E-state index in [1.165, 1.54) is 32.1 Å². The molecule has 0 aromatic rings. The third kappa shape index (κ3) is 5.33. The van der Waals surface area contributed by atoms with Crippen LogP contribution in [0.5, 0.6) is 0 Å². The van der Waals surface area contributed by atoms with E-state index >= 15 is 0 Å². The van der Waals surface area contributed by atoms with Gasteiger partial charge in [-0.25, -0.2) is 0 Å². The first-order valence-corrected chi connectivity index (χ1v) is 8.46. The van der Waals surface area contributed by atoms with E-state index in [1.54, 1.807) is 0 Å². The number of carbonyl (C=O) groups excluding carboxylic acids is 1. The second-order valence-corrected chi connectivity index (χ2v) is 6.66. The van der Waals surface area contributed by atoms with Gasteiger partial charge in [0.05, 0.1) is 5.54 Å². The summed E-state index contributed by atoms with van der Waals surface area (Å²) >= 11 is 5.96. The van der Waals surface area contributed by atoms with Gasteiger partial charge in [0.25, 0.3) is 0 Å². The molecule has 0 saturated heterocycles. The van der Waals surface area contributed by atoms with E-state index in [9.17, 15) is 4.79 Å². The molecule has 1 amide bonds. The predicted molar refractivity (Wildman–Crippen MR) is 82.5 cm³/mol. The lowest BCUT2D eigenvalue weighted by Crippen LogP contribution is -2.49. The van der Waals surface area contributed by atoms with Crippen molar-refractivity contribution in [3.63, 3.8) is 0 Å². The highest BCUT2D eigenvalue weighted by Crippen LogP contribution is 2.32. The largest absolute Gasteiger partial charge is 0.350 e. The molecule has 1 unspecified atom stereocenters. The van der Waals surface area contributed by atoms with Crippen LogP contribution in [0.3, 0.4) is 0 Å². The Kier molecular flexibility index (Phi) is 7.20. The highest BCUT2D eigenvalue weighted by molar-refractivity contribution is 6.18.